The first-order chi connectivity index (χ1) is 7.75. The molecule has 0 N–H and O–H groups in total. The summed E-state index contributed by atoms with van der Waals surface area (Å²) in [7, 11) is 0. The van der Waals surface area contributed by atoms with Crippen LogP contribution in [0, 0.1) is 0 Å². The van der Waals surface area contributed by atoms with Gasteiger partial charge in [-0.25, -0.2) is 0 Å². The molecule has 0 radical (unpaired) electrons. The number of fused-ring (bicyclic) bond motifs is 1. The summed E-state index contributed by atoms with van der Waals surface area (Å²) in [5.41, 5.74) is 1.62. The average Bonchev–Trinajstić information content (AvgIpc) is 2.81. The molecule has 1 atom stereocenters. The van der Waals surface area contributed by atoms with Crippen LogP contribution in [0.15, 0.2) is 34.9 Å². The molecule has 16 heavy (non-hydrogen) atoms. The average molecular weight is 214 g/mol. The largest absolute Gasteiger partial charge is 0.464 e. The Kier molecular flexibility index (Phi) is 1.93. The Hall–Kier alpha value is -1.90. The van der Waals surface area contributed by atoms with Crippen molar-refractivity contribution < 1.29 is 14.0 Å². The molecule has 0 spiro atoms. The van der Waals surface area contributed by atoms with Crippen LogP contribution in [0.4, 0.5) is 0 Å². The fraction of sp³-hybridized carbons (Fsp3) is 0.231. The maximum atomic E-state index is 11.7. The van der Waals surface area contributed by atoms with Crippen molar-refractivity contribution >= 4 is 22.5 Å². The van der Waals surface area contributed by atoms with Gasteiger partial charge in [0.25, 0.3) is 0 Å². The number of carbonyl (C=O) groups is 2. The van der Waals surface area contributed by atoms with E-state index in [0.717, 1.165) is 16.5 Å². The number of ketones is 2. The Morgan fingerprint density at radius 1 is 1.19 bits per heavy atom. The summed E-state index contributed by atoms with van der Waals surface area (Å²) in [6.07, 6.45) is 2.00. The summed E-state index contributed by atoms with van der Waals surface area (Å²) in [6.45, 7) is 0. The van der Waals surface area contributed by atoms with Gasteiger partial charge >= 0.3 is 0 Å². The monoisotopic (exact) mass is 214 g/mol. The topological polar surface area (TPSA) is 47.3 Å². The van der Waals surface area contributed by atoms with Crippen LogP contribution < -0.4 is 0 Å². The van der Waals surface area contributed by atoms with Crippen molar-refractivity contribution in [3.63, 3.8) is 0 Å². The van der Waals surface area contributed by atoms with Gasteiger partial charge in [0.05, 0.1) is 18.6 Å². The van der Waals surface area contributed by atoms with E-state index in [1.807, 2.05) is 24.3 Å². The molecule has 1 saturated carbocycles. The second-order valence-corrected chi connectivity index (χ2v) is 4.13. The van der Waals surface area contributed by atoms with E-state index < -0.39 is 0 Å². The number of Topliss-reactive ketones (excluding diaryl/α,β-unsaturated/α-hetero) is 2. The zero-order chi connectivity index (χ0) is 11.1. The lowest BCUT2D eigenvalue weighted by molar-refractivity contribution is -0.121. The van der Waals surface area contributed by atoms with E-state index >= 15 is 0 Å². The van der Waals surface area contributed by atoms with E-state index in [-0.39, 0.29) is 23.9 Å². The molecule has 1 fully saturated rings. The van der Waals surface area contributed by atoms with Crippen molar-refractivity contribution in [3.05, 3.63) is 36.1 Å². The minimum Gasteiger partial charge on any atom is -0.464 e. The second-order valence-electron chi connectivity index (χ2n) is 4.13. The molecule has 1 unspecified atom stereocenters. The normalized spacial score (nSPS) is 20.9. The van der Waals surface area contributed by atoms with Crippen molar-refractivity contribution in [2.45, 2.75) is 18.8 Å². The van der Waals surface area contributed by atoms with Gasteiger partial charge in [0.1, 0.15) is 17.1 Å². The first-order valence-corrected chi connectivity index (χ1v) is 5.26. The fourth-order valence-corrected chi connectivity index (χ4v) is 2.28. The first kappa shape index (κ1) is 9.33. The zero-order valence-corrected chi connectivity index (χ0v) is 8.60. The van der Waals surface area contributed by atoms with Gasteiger partial charge in [-0.1, -0.05) is 18.2 Å². The third-order valence-electron chi connectivity index (χ3n) is 3.08. The molecule has 2 aromatic rings. The van der Waals surface area contributed by atoms with Crippen LogP contribution >= 0.6 is 0 Å². The van der Waals surface area contributed by atoms with Crippen LogP contribution in [0.5, 0.6) is 0 Å². The van der Waals surface area contributed by atoms with Gasteiger partial charge in [-0.15, -0.1) is 0 Å². The first-order valence-electron chi connectivity index (χ1n) is 5.26. The van der Waals surface area contributed by atoms with Crippen LogP contribution in [-0.2, 0) is 9.59 Å². The molecule has 80 valence electrons. The van der Waals surface area contributed by atoms with Crippen LogP contribution in [0.1, 0.15) is 24.3 Å². The Bertz CT molecular complexity index is 580. The Morgan fingerprint density at radius 3 is 2.75 bits per heavy atom. The lowest BCUT2D eigenvalue weighted by Gasteiger charge is -2.03. The Balaban J connectivity index is 2.13. The molecule has 0 aliphatic heterocycles. The standard InChI is InChI=1S/C13H10O3/c14-8-5-10(12(15)6-8)11-7-16-13-4-2-1-3-9(11)13/h1-4,7,10H,5-6H2. The van der Waals surface area contributed by atoms with Crippen LogP contribution in [0.2, 0.25) is 0 Å². The van der Waals surface area contributed by atoms with E-state index in [1.165, 1.54) is 0 Å². The van der Waals surface area contributed by atoms with E-state index in [2.05, 4.69) is 0 Å². The quantitative estimate of drug-likeness (QED) is 0.685. The summed E-state index contributed by atoms with van der Waals surface area (Å²) in [4.78, 5) is 22.9. The smallest absolute Gasteiger partial charge is 0.148 e. The van der Waals surface area contributed by atoms with E-state index in [0.29, 0.717) is 6.42 Å². The van der Waals surface area contributed by atoms with Crippen molar-refractivity contribution in [1.29, 1.82) is 0 Å². The van der Waals surface area contributed by atoms with Crippen LogP contribution in [0.25, 0.3) is 11.0 Å². The van der Waals surface area contributed by atoms with Gasteiger partial charge in [0.2, 0.25) is 0 Å². The summed E-state index contributed by atoms with van der Waals surface area (Å²) in [5.74, 6) is -0.256. The van der Waals surface area contributed by atoms with Gasteiger partial charge in [0, 0.05) is 17.4 Å². The molecule has 1 aromatic heterocycles. The van der Waals surface area contributed by atoms with Gasteiger partial charge in [-0.3, -0.25) is 9.59 Å². The maximum absolute atomic E-state index is 11.7. The predicted octanol–water partition coefficient (Wildman–Crippen LogP) is 2.45. The number of rotatable bonds is 1. The van der Waals surface area contributed by atoms with Crippen LogP contribution in [0.3, 0.4) is 0 Å². The summed E-state index contributed by atoms with van der Waals surface area (Å²) >= 11 is 0. The fourth-order valence-electron chi connectivity index (χ4n) is 2.28. The highest BCUT2D eigenvalue weighted by Gasteiger charge is 2.33. The number of furan rings is 1. The van der Waals surface area contributed by atoms with Gasteiger partial charge in [-0.2, -0.15) is 0 Å². The van der Waals surface area contributed by atoms with Crippen molar-refractivity contribution in [1.82, 2.24) is 0 Å². The van der Waals surface area contributed by atoms with Crippen molar-refractivity contribution in [2.24, 2.45) is 0 Å². The SMILES string of the molecule is O=C1CC(=O)C(c2coc3ccccc23)C1. The zero-order valence-electron chi connectivity index (χ0n) is 8.60. The van der Waals surface area contributed by atoms with Crippen molar-refractivity contribution in [3.8, 4) is 0 Å². The molecule has 1 aliphatic rings. The molecular formula is C13H10O3. The lowest BCUT2D eigenvalue weighted by atomic mass is 9.96. The highest BCUT2D eigenvalue weighted by molar-refractivity contribution is 6.10. The third-order valence-corrected chi connectivity index (χ3v) is 3.08. The predicted molar refractivity (Wildman–Crippen MR) is 58.2 cm³/mol. The van der Waals surface area contributed by atoms with Gasteiger partial charge < -0.3 is 4.42 Å². The molecule has 3 heteroatoms. The summed E-state index contributed by atoms with van der Waals surface area (Å²) < 4.78 is 5.38. The number of para-hydroxylation sites is 1. The minimum absolute atomic E-state index is 0.0107. The summed E-state index contributed by atoms with van der Waals surface area (Å²) in [5, 5.41) is 0.940. The Morgan fingerprint density at radius 2 is 2.00 bits per heavy atom. The number of carbonyl (C=O) groups excluding carboxylic acids is 2. The molecule has 3 rings (SSSR count). The van der Waals surface area contributed by atoms with E-state index in [1.54, 1.807) is 6.26 Å². The third kappa shape index (κ3) is 1.28. The van der Waals surface area contributed by atoms with E-state index in [9.17, 15) is 9.59 Å². The molecular weight excluding hydrogens is 204 g/mol. The molecule has 0 amide bonds. The molecule has 1 aromatic carbocycles. The molecule has 1 heterocycles. The maximum Gasteiger partial charge on any atom is 0.148 e. The van der Waals surface area contributed by atoms with Crippen LogP contribution in [-0.4, -0.2) is 11.6 Å². The number of hydrogen-bond donors (Lipinski definition) is 0. The van der Waals surface area contributed by atoms with Gasteiger partial charge in [-0.05, 0) is 6.07 Å². The lowest BCUT2D eigenvalue weighted by Crippen LogP contribution is -2.02. The number of benzene rings is 1. The molecule has 1 aliphatic carbocycles. The van der Waals surface area contributed by atoms with Gasteiger partial charge in [0.15, 0.2) is 0 Å². The number of hydrogen-bond acceptors (Lipinski definition) is 3. The highest BCUT2D eigenvalue weighted by Crippen LogP contribution is 2.34. The molecule has 3 nitrogen and oxygen atoms in total. The van der Waals surface area contributed by atoms with Crippen molar-refractivity contribution in [2.75, 3.05) is 0 Å². The molecule has 0 bridgehead atoms. The Labute approximate surface area is 92.0 Å². The second kappa shape index (κ2) is 3.30. The van der Waals surface area contributed by atoms with E-state index in [4.69, 9.17) is 4.42 Å². The summed E-state index contributed by atoms with van der Waals surface area (Å²) in [6, 6.07) is 7.57. The highest BCUT2D eigenvalue weighted by atomic mass is 16.3. The molecule has 0 saturated heterocycles. The minimum atomic E-state index is -0.295.